The number of aliphatic hydroxyl groups excluding tert-OH is 1. The van der Waals surface area contributed by atoms with Gasteiger partial charge in [-0.05, 0) is 13.0 Å². The maximum atomic E-state index is 12.5. The van der Waals surface area contributed by atoms with E-state index in [0.717, 1.165) is 0 Å². The number of carbonyl (C=O) groups excluding carboxylic acids is 2. The minimum Gasteiger partial charge on any atom is -0.459 e. The molecule has 0 aliphatic carbocycles. The Morgan fingerprint density at radius 3 is 2.19 bits per heavy atom. The first-order valence-corrected chi connectivity index (χ1v) is 6.63. The van der Waals surface area contributed by atoms with Gasteiger partial charge < -0.3 is 9.84 Å². The number of hydrogen-bond acceptors (Lipinski definition) is 4. The minimum absolute atomic E-state index is 0.104. The van der Waals surface area contributed by atoms with E-state index < -0.39 is 12.1 Å². The molecular formula is C17H16O4. The van der Waals surface area contributed by atoms with Crippen LogP contribution in [0.3, 0.4) is 0 Å². The fraction of sp³-hybridized carbons (Fsp3) is 0.176. The zero-order chi connectivity index (χ0) is 15.2. The van der Waals surface area contributed by atoms with Crippen LogP contribution in [0.2, 0.25) is 0 Å². The predicted octanol–water partition coefficient (Wildman–Crippen LogP) is 2.46. The van der Waals surface area contributed by atoms with Crippen LogP contribution >= 0.6 is 0 Å². The number of carbonyl (C=O) groups is 2. The summed E-state index contributed by atoms with van der Waals surface area (Å²) < 4.78 is 4.98. The van der Waals surface area contributed by atoms with E-state index in [9.17, 15) is 9.59 Å². The molecular weight excluding hydrogens is 268 g/mol. The Morgan fingerprint density at radius 2 is 1.57 bits per heavy atom. The molecule has 0 bridgehead atoms. The maximum Gasteiger partial charge on any atom is 0.338 e. The van der Waals surface area contributed by atoms with Crippen LogP contribution in [0.5, 0.6) is 0 Å². The van der Waals surface area contributed by atoms with Crippen molar-refractivity contribution in [3.63, 3.8) is 0 Å². The molecule has 4 heteroatoms. The molecule has 108 valence electrons. The summed E-state index contributed by atoms with van der Waals surface area (Å²) in [5.41, 5.74) is 1.000. The Kier molecular flexibility index (Phi) is 4.85. The SMILES string of the molecule is CC(O)COC(=O)c1ccccc1C(=O)c1ccccc1. The van der Waals surface area contributed by atoms with Crippen molar-refractivity contribution in [2.45, 2.75) is 13.0 Å². The van der Waals surface area contributed by atoms with Crippen molar-refractivity contribution in [2.75, 3.05) is 6.61 Å². The van der Waals surface area contributed by atoms with Crippen molar-refractivity contribution in [1.82, 2.24) is 0 Å². The standard InChI is InChI=1S/C17H16O4/c1-12(18)11-21-17(20)15-10-6-5-9-14(15)16(19)13-7-3-2-4-8-13/h2-10,12,18H,11H2,1H3. The van der Waals surface area contributed by atoms with Crippen molar-refractivity contribution in [2.24, 2.45) is 0 Å². The van der Waals surface area contributed by atoms with Gasteiger partial charge in [-0.1, -0.05) is 48.5 Å². The van der Waals surface area contributed by atoms with E-state index in [1.54, 1.807) is 48.5 Å². The monoisotopic (exact) mass is 284 g/mol. The van der Waals surface area contributed by atoms with Crippen LogP contribution in [0.25, 0.3) is 0 Å². The molecule has 0 saturated heterocycles. The van der Waals surface area contributed by atoms with E-state index in [2.05, 4.69) is 0 Å². The molecule has 2 aromatic rings. The molecule has 0 aliphatic rings. The Balaban J connectivity index is 2.29. The van der Waals surface area contributed by atoms with E-state index in [0.29, 0.717) is 11.1 Å². The summed E-state index contributed by atoms with van der Waals surface area (Å²) in [5, 5.41) is 9.16. The predicted molar refractivity (Wildman–Crippen MR) is 78.3 cm³/mol. The van der Waals surface area contributed by atoms with Gasteiger partial charge in [0.25, 0.3) is 0 Å². The highest BCUT2D eigenvalue weighted by atomic mass is 16.5. The average Bonchev–Trinajstić information content (AvgIpc) is 2.52. The summed E-state index contributed by atoms with van der Waals surface area (Å²) >= 11 is 0. The quantitative estimate of drug-likeness (QED) is 0.676. The van der Waals surface area contributed by atoms with Crippen LogP contribution in [0.15, 0.2) is 54.6 Å². The number of rotatable bonds is 5. The molecule has 0 aliphatic heterocycles. The van der Waals surface area contributed by atoms with E-state index in [4.69, 9.17) is 9.84 Å². The van der Waals surface area contributed by atoms with Crippen LogP contribution in [-0.2, 0) is 4.74 Å². The normalized spacial score (nSPS) is 11.7. The number of ether oxygens (including phenoxy) is 1. The molecule has 0 amide bonds. The molecule has 2 aromatic carbocycles. The van der Waals surface area contributed by atoms with Gasteiger partial charge in [-0.2, -0.15) is 0 Å². The molecule has 0 spiro atoms. The lowest BCUT2D eigenvalue weighted by molar-refractivity contribution is 0.0295. The lowest BCUT2D eigenvalue weighted by atomic mass is 9.98. The Hall–Kier alpha value is -2.46. The van der Waals surface area contributed by atoms with Crippen molar-refractivity contribution < 1.29 is 19.4 Å². The van der Waals surface area contributed by atoms with Gasteiger partial charge in [0.1, 0.15) is 6.61 Å². The highest BCUT2D eigenvalue weighted by Crippen LogP contribution is 2.15. The Morgan fingerprint density at radius 1 is 1.00 bits per heavy atom. The molecule has 21 heavy (non-hydrogen) atoms. The molecule has 0 saturated carbocycles. The van der Waals surface area contributed by atoms with Gasteiger partial charge >= 0.3 is 5.97 Å². The van der Waals surface area contributed by atoms with Crippen molar-refractivity contribution in [3.8, 4) is 0 Å². The second-order valence-electron chi connectivity index (χ2n) is 4.69. The smallest absolute Gasteiger partial charge is 0.338 e. The first-order chi connectivity index (χ1) is 10.1. The Bertz CT molecular complexity index is 632. The number of aliphatic hydroxyl groups is 1. The fourth-order valence-electron chi connectivity index (χ4n) is 1.88. The summed E-state index contributed by atoms with van der Waals surface area (Å²) in [5.74, 6) is -0.851. The van der Waals surface area contributed by atoms with Crippen LogP contribution < -0.4 is 0 Å². The molecule has 1 atom stereocenters. The number of hydrogen-bond donors (Lipinski definition) is 1. The zero-order valence-electron chi connectivity index (χ0n) is 11.7. The lowest BCUT2D eigenvalue weighted by Crippen LogP contribution is -2.18. The summed E-state index contributed by atoms with van der Waals surface area (Å²) in [7, 11) is 0. The Labute approximate surface area is 123 Å². The summed E-state index contributed by atoms with van der Waals surface area (Å²) in [6.45, 7) is 1.42. The van der Waals surface area contributed by atoms with E-state index in [1.165, 1.54) is 6.92 Å². The van der Waals surface area contributed by atoms with Crippen LogP contribution in [0.4, 0.5) is 0 Å². The van der Waals surface area contributed by atoms with E-state index in [1.807, 2.05) is 6.07 Å². The number of ketones is 1. The van der Waals surface area contributed by atoms with Crippen molar-refractivity contribution >= 4 is 11.8 Å². The average molecular weight is 284 g/mol. The van der Waals surface area contributed by atoms with Gasteiger partial charge in [-0.3, -0.25) is 4.79 Å². The largest absolute Gasteiger partial charge is 0.459 e. The zero-order valence-corrected chi connectivity index (χ0v) is 11.7. The van der Waals surface area contributed by atoms with E-state index in [-0.39, 0.29) is 18.0 Å². The van der Waals surface area contributed by atoms with Crippen LogP contribution in [0, 0.1) is 0 Å². The van der Waals surface area contributed by atoms with Gasteiger partial charge in [0.15, 0.2) is 5.78 Å². The van der Waals surface area contributed by atoms with Gasteiger partial charge in [0.05, 0.1) is 11.7 Å². The molecule has 0 radical (unpaired) electrons. The third kappa shape index (κ3) is 3.77. The second-order valence-corrected chi connectivity index (χ2v) is 4.69. The van der Waals surface area contributed by atoms with Crippen LogP contribution in [-0.4, -0.2) is 29.6 Å². The van der Waals surface area contributed by atoms with Gasteiger partial charge in [-0.25, -0.2) is 4.79 Å². The highest BCUT2D eigenvalue weighted by molar-refractivity contribution is 6.14. The van der Waals surface area contributed by atoms with Crippen molar-refractivity contribution in [1.29, 1.82) is 0 Å². The highest BCUT2D eigenvalue weighted by Gasteiger charge is 2.19. The lowest BCUT2D eigenvalue weighted by Gasteiger charge is -2.10. The third-order valence-corrected chi connectivity index (χ3v) is 2.88. The maximum absolute atomic E-state index is 12.5. The molecule has 1 N–H and O–H groups in total. The minimum atomic E-state index is -0.745. The summed E-state index contributed by atoms with van der Waals surface area (Å²) in [6.07, 6.45) is -0.745. The molecule has 4 nitrogen and oxygen atoms in total. The van der Waals surface area contributed by atoms with Crippen molar-refractivity contribution in [3.05, 3.63) is 71.3 Å². The molecule has 0 fully saturated rings. The molecule has 2 rings (SSSR count). The molecule has 0 heterocycles. The fourth-order valence-corrected chi connectivity index (χ4v) is 1.88. The second kappa shape index (κ2) is 6.81. The molecule has 1 unspecified atom stereocenters. The first kappa shape index (κ1) is 14.9. The topological polar surface area (TPSA) is 63.6 Å². The number of benzene rings is 2. The van der Waals surface area contributed by atoms with E-state index >= 15 is 0 Å². The van der Waals surface area contributed by atoms with Gasteiger partial charge in [-0.15, -0.1) is 0 Å². The first-order valence-electron chi connectivity index (χ1n) is 6.63. The summed E-state index contributed by atoms with van der Waals surface area (Å²) in [4.78, 5) is 24.5. The van der Waals surface area contributed by atoms with Gasteiger partial charge in [0, 0.05) is 11.1 Å². The van der Waals surface area contributed by atoms with Crippen LogP contribution in [0.1, 0.15) is 33.2 Å². The third-order valence-electron chi connectivity index (χ3n) is 2.88. The van der Waals surface area contributed by atoms with Gasteiger partial charge in [0.2, 0.25) is 0 Å². The summed E-state index contributed by atoms with van der Waals surface area (Å²) in [6, 6.07) is 15.2. The number of esters is 1. The molecule has 0 aromatic heterocycles.